The summed E-state index contributed by atoms with van der Waals surface area (Å²) in [6.07, 6.45) is 2.58. The average molecular weight is 465 g/mol. The molecular weight excluding hydrogens is 440 g/mol. The molecule has 4 aromatic rings. The van der Waals surface area contributed by atoms with Crippen LogP contribution in [0.3, 0.4) is 0 Å². The maximum Gasteiger partial charge on any atom is 0.356 e. The van der Waals surface area contributed by atoms with E-state index in [0.29, 0.717) is 18.2 Å². The molecule has 0 aliphatic carbocycles. The van der Waals surface area contributed by atoms with Gasteiger partial charge in [-0.25, -0.2) is 14.8 Å². The summed E-state index contributed by atoms with van der Waals surface area (Å²) in [4.78, 5) is 25.1. The van der Waals surface area contributed by atoms with Gasteiger partial charge in [-0.2, -0.15) is 0 Å². The standard InChI is InChI=1S/C25H25ClN4O3/c1-5-19-18-12-27-22(33-6-2)11-16(18)17-10-13(3)9-15(23(17)29-19)14(4)28-20-7-8-21(26)30-24(20)25(31)32/h7-12,14,28H,5-6H2,1-4H3,(H,31,32)/t14-/m1/s1. The Morgan fingerprint density at radius 3 is 2.64 bits per heavy atom. The zero-order valence-corrected chi connectivity index (χ0v) is 19.7. The van der Waals surface area contributed by atoms with Crippen LogP contribution in [0.25, 0.3) is 21.7 Å². The summed E-state index contributed by atoms with van der Waals surface area (Å²) in [5, 5.41) is 16.0. The Hall–Kier alpha value is -3.45. The second-order valence-corrected chi connectivity index (χ2v) is 8.25. The Balaban J connectivity index is 1.90. The van der Waals surface area contributed by atoms with Crippen LogP contribution in [-0.4, -0.2) is 32.6 Å². The minimum atomic E-state index is -1.14. The summed E-state index contributed by atoms with van der Waals surface area (Å²) in [6.45, 7) is 8.55. The highest BCUT2D eigenvalue weighted by Crippen LogP contribution is 2.34. The molecule has 8 heteroatoms. The number of rotatable bonds is 7. The number of aromatic nitrogens is 3. The number of aryl methyl sites for hydroxylation is 2. The zero-order valence-electron chi connectivity index (χ0n) is 18.9. The molecule has 0 fully saturated rings. The number of pyridine rings is 3. The van der Waals surface area contributed by atoms with Crippen LogP contribution in [0.4, 0.5) is 5.69 Å². The Bertz CT molecular complexity index is 1370. The highest BCUT2D eigenvalue weighted by atomic mass is 35.5. The summed E-state index contributed by atoms with van der Waals surface area (Å²) in [6, 6.07) is 9.12. The van der Waals surface area contributed by atoms with Crippen molar-refractivity contribution >= 4 is 44.9 Å². The van der Waals surface area contributed by atoms with E-state index in [9.17, 15) is 9.90 Å². The summed E-state index contributed by atoms with van der Waals surface area (Å²) in [5.41, 5.74) is 4.12. The Morgan fingerprint density at radius 2 is 1.94 bits per heavy atom. The molecule has 7 nitrogen and oxygen atoms in total. The van der Waals surface area contributed by atoms with Crippen LogP contribution in [-0.2, 0) is 6.42 Å². The monoisotopic (exact) mass is 464 g/mol. The lowest BCUT2D eigenvalue weighted by atomic mass is 9.96. The van der Waals surface area contributed by atoms with Crippen molar-refractivity contribution in [2.45, 2.75) is 40.2 Å². The van der Waals surface area contributed by atoms with Gasteiger partial charge >= 0.3 is 5.97 Å². The molecule has 3 heterocycles. The van der Waals surface area contributed by atoms with E-state index in [1.807, 2.05) is 33.0 Å². The number of hydrogen-bond donors (Lipinski definition) is 2. The minimum absolute atomic E-state index is 0.119. The fourth-order valence-electron chi connectivity index (χ4n) is 4.07. The number of aromatic carboxylic acids is 1. The van der Waals surface area contributed by atoms with Gasteiger partial charge < -0.3 is 15.2 Å². The Labute approximate surface area is 196 Å². The van der Waals surface area contributed by atoms with Gasteiger partial charge in [-0.15, -0.1) is 0 Å². The Morgan fingerprint density at radius 1 is 1.15 bits per heavy atom. The van der Waals surface area contributed by atoms with Crippen molar-refractivity contribution in [3.8, 4) is 5.88 Å². The van der Waals surface area contributed by atoms with Crippen molar-refractivity contribution in [1.82, 2.24) is 15.0 Å². The molecule has 0 bridgehead atoms. The van der Waals surface area contributed by atoms with E-state index in [0.717, 1.165) is 44.9 Å². The maximum absolute atomic E-state index is 11.7. The van der Waals surface area contributed by atoms with E-state index in [2.05, 4.69) is 34.3 Å². The smallest absolute Gasteiger partial charge is 0.356 e. The molecular formula is C25H25ClN4O3. The van der Waals surface area contributed by atoms with E-state index >= 15 is 0 Å². The third-order valence-corrected chi connectivity index (χ3v) is 5.75. The number of hydrogen-bond acceptors (Lipinski definition) is 6. The quantitative estimate of drug-likeness (QED) is 0.257. The summed E-state index contributed by atoms with van der Waals surface area (Å²) in [7, 11) is 0. The van der Waals surface area contributed by atoms with Crippen molar-refractivity contribution in [1.29, 1.82) is 0 Å². The Kier molecular flexibility index (Phi) is 6.33. The van der Waals surface area contributed by atoms with Crippen molar-refractivity contribution in [3.05, 3.63) is 64.2 Å². The number of carboxylic acid groups (broad SMARTS) is 1. The first-order chi connectivity index (χ1) is 15.8. The fraction of sp³-hybridized carbons (Fsp3) is 0.280. The first-order valence-corrected chi connectivity index (χ1v) is 11.2. The van der Waals surface area contributed by atoms with E-state index in [1.54, 1.807) is 12.1 Å². The highest BCUT2D eigenvalue weighted by Gasteiger charge is 2.19. The summed E-state index contributed by atoms with van der Waals surface area (Å²) < 4.78 is 5.65. The molecule has 0 amide bonds. The van der Waals surface area contributed by atoms with Gasteiger partial charge in [0, 0.05) is 28.6 Å². The third-order valence-electron chi connectivity index (χ3n) is 5.54. The first kappa shape index (κ1) is 22.7. The van der Waals surface area contributed by atoms with Gasteiger partial charge in [0.25, 0.3) is 0 Å². The van der Waals surface area contributed by atoms with Crippen LogP contribution in [0.15, 0.2) is 36.5 Å². The number of fused-ring (bicyclic) bond motifs is 3. The molecule has 1 atom stereocenters. The number of benzene rings is 1. The lowest BCUT2D eigenvalue weighted by molar-refractivity contribution is 0.0691. The topological polar surface area (TPSA) is 97.2 Å². The van der Waals surface area contributed by atoms with Gasteiger partial charge in [-0.3, -0.25) is 4.98 Å². The summed E-state index contributed by atoms with van der Waals surface area (Å²) >= 11 is 5.91. The van der Waals surface area contributed by atoms with Crippen LogP contribution < -0.4 is 10.1 Å². The first-order valence-electron chi connectivity index (χ1n) is 10.8. The van der Waals surface area contributed by atoms with E-state index in [-0.39, 0.29) is 16.9 Å². The van der Waals surface area contributed by atoms with Crippen molar-refractivity contribution in [3.63, 3.8) is 0 Å². The molecule has 0 saturated heterocycles. The van der Waals surface area contributed by atoms with Gasteiger partial charge in [0.05, 0.1) is 29.5 Å². The predicted molar refractivity (Wildman–Crippen MR) is 131 cm³/mol. The van der Waals surface area contributed by atoms with E-state index in [1.165, 1.54) is 0 Å². The van der Waals surface area contributed by atoms with E-state index in [4.69, 9.17) is 21.3 Å². The molecule has 33 heavy (non-hydrogen) atoms. The third kappa shape index (κ3) is 4.41. The van der Waals surface area contributed by atoms with Crippen molar-refractivity contribution in [2.24, 2.45) is 0 Å². The second kappa shape index (κ2) is 9.19. The van der Waals surface area contributed by atoms with Crippen LogP contribution >= 0.6 is 11.6 Å². The molecule has 0 saturated carbocycles. The SMILES string of the molecule is CCOc1cc2c(cn1)c(CC)nc1c([C@@H](C)Nc3ccc(Cl)nc3C(=O)O)cc(C)cc12. The molecule has 0 radical (unpaired) electrons. The fourth-order valence-corrected chi connectivity index (χ4v) is 4.22. The van der Waals surface area contributed by atoms with Gasteiger partial charge in [-0.05, 0) is 50.8 Å². The predicted octanol–water partition coefficient (Wildman–Crippen LogP) is 5.97. The number of halogens is 1. The second-order valence-electron chi connectivity index (χ2n) is 7.86. The molecule has 0 aliphatic rings. The van der Waals surface area contributed by atoms with Crippen molar-refractivity contribution < 1.29 is 14.6 Å². The van der Waals surface area contributed by atoms with Crippen LogP contribution in [0.5, 0.6) is 5.88 Å². The molecule has 0 spiro atoms. The molecule has 170 valence electrons. The number of carboxylic acids is 1. The highest BCUT2D eigenvalue weighted by molar-refractivity contribution is 6.29. The number of anilines is 1. The zero-order chi connectivity index (χ0) is 23.7. The lowest BCUT2D eigenvalue weighted by Gasteiger charge is -2.20. The molecule has 1 aromatic carbocycles. The largest absolute Gasteiger partial charge is 0.478 e. The number of carbonyl (C=O) groups is 1. The lowest BCUT2D eigenvalue weighted by Crippen LogP contribution is -2.13. The molecule has 0 aliphatic heterocycles. The number of nitrogens with zero attached hydrogens (tertiary/aromatic N) is 3. The van der Waals surface area contributed by atoms with Crippen LogP contribution in [0.2, 0.25) is 5.15 Å². The minimum Gasteiger partial charge on any atom is -0.478 e. The number of nitrogens with one attached hydrogen (secondary N) is 1. The van der Waals surface area contributed by atoms with Gasteiger partial charge in [0.15, 0.2) is 5.69 Å². The molecule has 4 rings (SSSR count). The van der Waals surface area contributed by atoms with Crippen molar-refractivity contribution in [2.75, 3.05) is 11.9 Å². The van der Waals surface area contributed by atoms with E-state index < -0.39 is 5.97 Å². The van der Waals surface area contributed by atoms with Gasteiger partial charge in [0.1, 0.15) is 5.15 Å². The van der Waals surface area contributed by atoms with Gasteiger partial charge in [0.2, 0.25) is 5.88 Å². The number of ether oxygens (including phenoxy) is 1. The molecule has 0 unspecified atom stereocenters. The summed E-state index contributed by atoms with van der Waals surface area (Å²) in [5.74, 6) is -0.568. The van der Waals surface area contributed by atoms with Crippen LogP contribution in [0.1, 0.15) is 54.1 Å². The maximum atomic E-state index is 11.7. The average Bonchev–Trinajstić information content (AvgIpc) is 2.79. The molecule has 3 aromatic heterocycles. The molecule has 2 N–H and O–H groups in total. The van der Waals surface area contributed by atoms with Gasteiger partial charge in [-0.1, -0.05) is 30.2 Å². The van der Waals surface area contributed by atoms with Crippen LogP contribution in [0, 0.1) is 6.92 Å². The normalized spacial score (nSPS) is 12.2.